The fraction of sp³-hybridized carbons (Fsp3) is 0.500. The van der Waals surface area contributed by atoms with E-state index in [1.165, 1.54) is 62.0 Å². The van der Waals surface area contributed by atoms with Gasteiger partial charge in [-0.3, -0.25) is 0 Å². The Labute approximate surface area is 237 Å². The smallest absolute Gasteiger partial charge is 0.337 e. The van der Waals surface area contributed by atoms with Crippen LogP contribution < -0.4 is 4.74 Å². The number of hydrogen-bond acceptors (Lipinski definition) is 4. The molecule has 0 amide bonds. The van der Waals surface area contributed by atoms with Crippen molar-refractivity contribution < 1.29 is 18.7 Å². The highest BCUT2D eigenvalue weighted by atomic mass is 28.4. The van der Waals surface area contributed by atoms with Crippen LogP contribution in [0.5, 0.6) is 5.75 Å². The quantitative estimate of drug-likeness (QED) is 0.114. The standard InChI is InChI=1S/C34H48O4Si/c1-8-9-10-11-12-13-17-32(38-39(6,7)34(2,3)4)28-21-20-27-19-18-26(22-30(27)23-28)25-37-31-16-14-15-29(24-31)33(35)36-5/h14-16,18-24,32H,8-13,17,25H2,1-7H3. The molecule has 3 rings (SSSR count). The van der Waals surface area contributed by atoms with Crippen LogP contribution in [0.4, 0.5) is 0 Å². The number of hydrogen-bond donors (Lipinski definition) is 0. The van der Waals surface area contributed by atoms with Crippen molar-refractivity contribution >= 4 is 25.1 Å². The number of fused-ring (bicyclic) bond motifs is 1. The third kappa shape index (κ3) is 8.94. The summed E-state index contributed by atoms with van der Waals surface area (Å²) >= 11 is 0. The summed E-state index contributed by atoms with van der Waals surface area (Å²) in [7, 11) is -0.545. The van der Waals surface area contributed by atoms with E-state index in [0.29, 0.717) is 17.9 Å². The van der Waals surface area contributed by atoms with E-state index in [0.717, 1.165) is 12.0 Å². The number of unbranched alkanes of at least 4 members (excludes halogenated alkanes) is 5. The summed E-state index contributed by atoms with van der Waals surface area (Å²) in [6.45, 7) is 14.3. The van der Waals surface area contributed by atoms with E-state index in [1.54, 1.807) is 18.2 Å². The molecule has 0 aromatic heterocycles. The minimum absolute atomic E-state index is 0.113. The molecule has 0 saturated carbocycles. The molecule has 0 aliphatic rings. The molecule has 0 bridgehead atoms. The Balaban J connectivity index is 1.78. The third-order valence-corrected chi connectivity index (χ3v) is 12.5. The number of esters is 1. The first kappa shape index (κ1) is 30.9. The maximum absolute atomic E-state index is 11.9. The summed E-state index contributed by atoms with van der Waals surface area (Å²) in [5, 5.41) is 2.57. The predicted molar refractivity (Wildman–Crippen MR) is 165 cm³/mol. The monoisotopic (exact) mass is 548 g/mol. The van der Waals surface area contributed by atoms with Crippen molar-refractivity contribution in [3.8, 4) is 5.75 Å². The van der Waals surface area contributed by atoms with Crippen LogP contribution in [0.1, 0.15) is 100 Å². The molecule has 1 unspecified atom stereocenters. The van der Waals surface area contributed by atoms with Gasteiger partial charge >= 0.3 is 5.97 Å². The Morgan fingerprint density at radius 3 is 2.31 bits per heavy atom. The van der Waals surface area contributed by atoms with E-state index in [9.17, 15) is 4.79 Å². The highest BCUT2D eigenvalue weighted by Crippen LogP contribution is 2.41. The molecule has 3 aromatic carbocycles. The van der Waals surface area contributed by atoms with Crippen molar-refractivity contribution in [2.75, 3.05) is 7.11 Å². The molecule has 0 spiro atoms. The fourth-order valence-corrected chi connectivity index (χ4v) is 5.86. The molecule has 39 heavy (non-hydrogen) atoms. The van der Waals surface area contributed by atoms with Crippen LogP contribution in [0, 0.1) is 0 Å². The lowest BCUT2D eigenvalue weighted by atomic mass is 9.98. The van der Waals surface area contributed by atoms with Gasteiger partial charge in [0, 0.05) is 0 Å². The number of methoxy groups -OCH3 is 1. The zero-order valence-corrected chi connectivity index (χ0v) is 26.1. The first-order valence-corrected chi connectivity index (χ1v) is 17.5. The summed E-state index contributed by atoms with van der Waals surface area (Å²) in [5.41, 5.74) is 2.84. The van der Waals surface area contributed by atoms with Crippen LogP contribution in [0.25, 0.3) is 10.8 Å². The van der Waals surface area contributed by atoms with E-state index < -0.39 is 8.32 Å². The zero-order chi connectivity index (χ0) is 28.5. The van der Waals surface area contributed by atoms with Gasteiger partial charge in [0.1, 0.15) is 12.4 Å². The highest BCUT2D eigenvalue weighted by Gasteiger charge is 2.39. The second-order valence-electron chi connectivity index (χ2n) is 12.2. The zero-order valence-electron chi connectivity index (χ0n) is 25.1. The number of ether oxygens (including phenoxy) is 2. The molecule has 5 heteroatoms. The maximum Gasteiger partial charge on any atom is 0.337 e. The van der Waals surface area contributed by atoms with E-state index in [1.807, 2.05) is 6.07 Å². The minimum atomic E-state index is -1.93. The van der Waals surface area contributed by atoms with Gasteiger partial charge in [0.05, 0.1) is 18.8 Å². The average molecular weight is 549 g/mol. The molecular formula is C34H48O4Si. The number of carbonyl (C=O) groups excluding carboxylic acids is 1. The third-order valence-electron chi connectivity index (χ3n) is 8.02. The lowest BCUT2D eigenvalue weighted by molar-refractivity contribution is 0.0600. The van der Waals surface area contributed by atoms with Gasteiger partial charge in [0.25, 0.3) is 0 Å². The molecule has 0 fully saturated rings. The molecule has 0 aliphatic carbocycles. The van der Waals surface area contributed by atoms with E-state index >= 15 is 0 Å². The first-order chi connectivity index (χ1) is 18.5. The fourth-order valence-electron chi connectivity index (χ4n) is 4.54. The number of benzene rings is 3. The average Bonchev–Trinajstić information content (AvgIpc) is 2.91. The van der Waals surface area contributed by atoms with Crippen molar-refractivity contribution in [2.24, 2.45) is 0 Å². The second-order valence-corrected chi connectivity index (χ2v) is 16.9. The van der Waals surface area contributed by atoms with E-state index in [4.69, 9.17) is 13.9 Å². The van der Waals surface area contributed by atoms with Crippen LogP contribution in [-0.4, -0.2) is 21.4 Å². The minimum Gasteiger partial charge on any atom is -0.489 e. The molecule has 0 heterocycles. The van der Waals surface area contributed by atoms with Crippen molar-refractivity contribution in [1.29, 1.82) is 0 Å². The Kier molecular flexibility index (Phi) is 11.2. The Bertz CT molecular complexity index is 1210. The van der Waals surface area contributed by atoms with E-state index in [-0.39, 0.29) is 17.1 Å². The van der Waals surface area contributed by atoms with Gasteiger partial charge in [-0.2, -0.15) is 0 Å². The largest absolute Gasteiger partial charge is 0.489 e. The molecule has 0 radical (unpaired) electrons. The second kappa shape index (κ2) is 14.1. The van der Waals surface area contributed by atoms with Gasteiger partial charge in [-0.1, -0.05) is 96.6 Å². The Hall–Kier alpha value is -2.63. The van der Waals surface area contributed by atoms with Crippen molar-refractivity contribution in [1.82, 2.24) is 0 Å². The predicted octanol–water partition coefficient (Wildman–Crippen LogP) is 10.0. The molecule has 0 aliphatic heterocycles. The molecular weight excluding hydrogens is 500 g/mol. The SMILES string of the molecule is CCCCCCCCC(O[Si](C)(C)C(C)(C)C)c1ccc2ccc(COc3cccc(C(=O)OC)c3)cc2c1. The van der Waals surface area contributed by atoms with Crippen LogP contribution in [0.15, 0.2) is 60.7 Å². The van der Waals surface area contributed by atoms with Crippen molar-refractivity contribution in [3.05, 3.63) is 77.4 Å². The molecule has 0 saturated heterocycles. The van der Waals surface area contributed by atoms with Gasteiger partial charge in [-0.05, 0) is 76.8 Å². The van der Waals surface area contributed by atoms with E-state index in [2.05, 4.69) is 77.2 Å². The summed E-state index contributed by atoms with van der Waals surface area (Å²) in [4.78, 5) is 11.9. The lowest BCUT2D eigenvalue weighted by Gasteiger charge is -2.39. The van der Waals surface area contributed by atoms with Gasteiger partial charge in [-0.15, -0.1) is 0 Å². The van der Waals surface area contributed by atoms with Gasteiger partial charge in [0.15, 0.2) is 8.32 Å². The van der Waals surface area contributed by atoms with Crippen LogP contribution >= 0.6 is 0 Å². The normalized spacial score (nSPS) is 12.9. The Morgan fingerprint density at radius 1 is 0.872 bits per heavy atom. The Morgan fingerprint density at radius 2 is 1.59 bits per heavy atom. The molecule has 0 N–H and O–H groups in total. The number of carbonyl (C=O) groups is 1. The molecule has 3 aromatic rings. The number of rotatable bonds is 14. The van der Waals surface area contributed by atoms with Crippen LogP contribution in [-0.2, 0) is 15.8 Å². The highest BCUT2D eigenvalue weighted by molar-refractivity contribution is 6.74. The first-order valence-electron chi connectivity index (χ1n) is 14.6. The molecule has 4 nitrogen and oxygen atoms in total. The van der Waals surface area contributed by atoms with Crippen molar-refractivity contribution in [3.63, 3.8) is 0 Å². The summed E-state index contributed by atoms with van der Waals surface area (Å²) in [6.07, 6.45) is 8.88. The van der Waals surface area contributed by atoms with Gasteiger partial charge in [0.2, 0.25) is 0 Å². The molecule has 1 atom stereocenters. The topological polar surface area (TPSA) is 44.8 Å². The summed E-state index contributed by atoms with van der Waals surface area (Å²) < 4.78 is 17.9. The van der Waals surface area contributed by atoms with Gasteiger partial charge in [-0.25, -0.2) is 4.79 Å². The molecule has 212 valence electrons. The maximum atomic E-state index is 11.9. The summed E-state index contributed by atoms with van der Waals surface area (Å²) in [5.74, 6) is 0.280. The van der Waals surface area contributed by atoms with Crippen LogP contribution in [0.3, 0.4) is 0 Å². The van der Waals surface area contributed by atoms with Gasteiger partial charge < -0.3 is 13.9 Å². The van der Waals surface area contributed by atoms with Crippen LogP contribution in [0.2, 0.25) is 18.1 Å². The summed E-state index contributed by atoms with van der Waals surface area (Å²) in [6, 6.07) is 20.4. The lowest BCUT2D eigenvalue weighted by Crippen LogP contribution is -2.41. The van der Waals surface area contributed by atoms with Crippen molar-refractivity contribution in [2.45, 2.75) is 103 Å².